The Morgan fingerprint density at radius 1 is 1.06 bits per heavy atom. The number of hydrogen-bond donors (Lipinski definition) is 1. The summed E-state index contributed by atoms with van der Waals surface area (Å²) in [6.07, 6.45) is 2.70. The van der Waals surface area contributed by atoms with Crippen molar-refractivity contribution in [1.82, 2.24) is 10.2 Å². The minimum atomic E-state index is -0.381. The molecule has 34 heavy (non-hydrogen) atoms. The van der Waals surface area contributed by atoms with E-state index in [-0.39, 0.29) is 29.8 Å². The minimum Gasteiger partial charge on any atom is -0.496 e. The van der Waals surface area contributed by atoms with Gasteiger partial charge in [0.1, 0.15) is 5.75 Å². The number of nitrogens with zero attached hydrogens (tertiary/aromatic N) is 1. The van der Waals surface area contributed by atoms with Gasteiger partial charge in [0.2, 0.25) is 11.8 Å². The summed E-state index contributed by atoms with van der Waals surface area (Å²) in [7, 11) is 4.80. The first-order valence-electron chi connectivity index (χ1n) is 11.9. The molecule has 0 spiro atoms. The van der Waals surface area contributed by atoms with Crippen molar-refractivity contribution in [1.29, 1.82) is 0 Å². The van der Waals surface area contributed by atoms with Crippen molar-refractivity contribution < 1.29 is 23.8 Å². The summed E-state index contributed by atoms with van der Waals surface area (Å²) in [5, 5.41) is 3.17. The van der Waals surface area contributed by atoms with Gasteiger partial charge in [0.05, 0.1) is 39.3 Å². The Labute approximate surface area is 202 Å². The van der Waals surface area contributed by atoms with Gasteiger partial charge in [-0.1, -0.05) is 37.6 Å². The lowest BCUT2D eigenvalue weighted by Gasteiger charge is -2.41. The number of benzene rings is 2. The van der Waals surface area contributed by atoms with Crippen LogP contribution >= 0.6 is 0 Å². The first kappa shape index (κ1) is 25.4. The van der Waals surface area contributed by atoms with Gasteiger partial charge in [-0.15, -0.1) is 0 Å². The fraction of sp³-hybridized carbons (Fsp3) is 0.481. The Kier molecular flexibility index (Phi) is 8.79. The Morgan fingerprint density at radius 3 is 2.44 bits per heavy atom. The van der Waals surface area contributed by atoms with Crippen LogP contribution in [0.2, 0.25) is 0 Å². The number of ether oxygens (including phenoxy) is 3. The van der Waals surface area contributed by atoms with Crippen molar-refractivity contribution in [2.75, 3.05) is 27.9 Å². The molecule has 2 amide bonds. The van der Waals surface area contributed by atoms with E-state index in [9.17, 15) is 9.59 Å². The van der Waals surface area contributed by atoms with E-state index in [2.05, 4.69) is 12.2 Å². The first-order chi connectivity index (χ1) is 16.4. The molecule has 0 aromatic heterocycles. The van der Waals surface area contributed by atoms with Gasteiger partial charge < -0.3 is 24.4 Å². The third-order valence-corrected chi connectivity index (χ3v) is 6.52. The number of unbranched alkanes of at least 4 members (excludes halogenated alkanes) is 1. The zero-order valence-electron chi connectivity index (χ0n) is 20.8. The molecule has 0 saturated carbocycles. The monoisotopic (exact) mass is 468 g/mol. The molecule has 2 aromatic carbocycles. The maximum Gasteiger partial charge on any atom is 0.226 e. The molecule has 1 saturated heterocycles. The summed E-state index contributed by atoms with van der Waals surface area (Å²) in [6, 6.07) is 12.7. The van der Waals surface area contributed by atoms with Crippen molar-refractivity contribution in [2.24, 2.45) is 5.92 Å². The van der Waals surface area contributed by atoms with Gasteiger partial charge in [-0.25, -0.2) is 0 Å². The average molecular weight is 469 g/mol. The van der Waals surface area contributed by atoms with Crippen molar-refractivity contribution in [3.8, 4) is 17.2 Å². The number of carbonyl (C=O) groups is 2. The molecule has 1 heterocycles. The van der Waals surface area contributed by atoms with Gasteiger partial charge in [-0.2, -0.15) is 0 Å². The molecule has 0 radical (unpaired) electrons. The molecule has 7 nitrogen and oxygen atoms in total. The van der Waals surface area contributed by atoms with Crippen LogP contribution in [-0.4, -0.2) is 44.6 Å². The number of rotatable bonds is 10. The summed E-state index contributed by atoms with van der Waals surface area (Å²) >= 11 is 0. The van der Waals surface area contributed by atoms with E-state index in [0.717, 1.165) is 24.0 Å². The van der Waals surface area contributed by atoms with E-state index in [1.807, 2.05) is 54.3 Å². The van der Waals surface area contributed by atoms with Crippen LogP contribution in [0.1, 0.15) is 62.7 Å². The Balaban J connectivity index is 1.90. The van der Waals surface area contributed by atoms with Gasteiger partial charge in [0.25, 0.3) is 0 Å². The maximum absolute atomic E-state index is 13.6. The molecule has 1 N–H and O–H groups in total. The molecule has 0 bridgehead atoms. The average Bonchev–Trinajstić information content (AvgIpc) is 2.87. The minimum absolute atomic E-state index is 0.0767. The van der Waals surface area contributed by atoms with E-state index >= 15 is 0 Å². The van der Waals surface area contributed by atoms with Gasteiger partial charge in [-0.3, -0.25) is 9.59 Å². The van der Waals surface area contributed by atoms with Crippen molar-refractivity contribution in [3.05, 3.63) is 53.6 Å². The number of methoxy groups -OCH3 is 3. The molecule has 3 unspecified atom stereocenters. The maximum atomic E-state index is 13.6. The summed E-state index contributed by atoms with van der Waals surface area (Å²) in [5.74, 6) is 1.57. The van der Waals surface area contributed by atoms with Crippen LogP contribution in [0.15, 0.2) is 42.5 Å². The fourth-order valence-electron chi connectivity index (χ4n) is 4.64. The quantitative estimate of drug-likeness (QED) is 0.548. The zero-order chi connectivity index (χ0) is 24.7. The molecule has 3 atom stereocenters. The highest BCUT2D eigenvalue weighted by atomic mass is 16.5. The molecule has 1 fully saturated rings. The number of para-hydroxylation sites is 1. The highest BCUT2D eigenvalue weighted by molar-refractivity contribution is 5.85. The Morgan fingerprint density at radius 2 is 1.76 bits per heavy atom. The highest BCUT2D eigenvalue weighted by Crippen LogP contribution is 2.41. The molecule has 2 aromatic rings. The molecule has 7 heteroatoms. The molecule has 1 aliphatic rings. The Hall–Kier alpha value is -3.22. The smallest absolute Gasteiger partial charge is 0.226 e. The van der Waals surface area contributed by atoms with Crippen molar-refractivity contribution in [2.45, 2.75) is 51.6 Å². The van der Waals surface area contributed by atoms with Crippen LogP contribution in [-0.2, 0) is 9.59 Å². The van der Waals surface area contributed by atoms with E-state index in [1.54, 1.807) is 21.3 Å². The predicted octanol–water partition coefficient (Wildman–Crippen LogP) is 4.67. The van der Waals surface area contributed by atoms with E-state index < -0.39 is 0 Å². The number of likely N-dealkylation sites (tertiary alicyclic amines) is 1. The van der Waals surface area contributed by atoms with Gasteiger partial charge >= 0.3 is 0 Å². The lowest BCUT2D eigenvalue weighted by Crippen LogP contribution is -2.48. The molecular formula is C27H36N2O5. The van der Waals surface area contributed by atoms with Gasteiger partial charge in [0, 0.05) is 18.5 Å². The van der Waals surface area contributed by atoms with Gasteiger partial charge in [-0.05, 0) is 43.5 Å². The predicted molar refractivity (Wildman–Crippen MR) is 131 cm³/mol. The number of piperidine rings is 1. The second kappa shape index (κ2) is 11.8. The topological polar surface area (TPSA) is 77.1 Å². The van der Waals surface area contributed by atoms with E-state index in [0.29, 0.717) is 36.6 Å². The van der Waals surface area contributed by atoms with Crippen LogP contribution in [0.5, 0.6) is 17.2 Å². The molecule has 1 aliphatic heterocycles. The molecular weight excluding hydrogens is 432 g/mol. The lowest BCUT2D eigenvalue weighted by atomic mass is 9.82. The number of nitrogens with one attached hydrogen (secondary N) is 1. The SMILES string of the molecule is CCCCN1C(=O)CCC(C(=O)NC(C)c2ccc(OC)c(OC)c2)C1c1ccccc1OC. The molecule has 3 rings (SSSR count). The number of amides is 2. The summed E-state index contributed by atoms with van der Waals surface area (Å²) in [5.41, 5.74) is 1.78. The summed E-state index contributed by atoms with van der Waals surface area (Å²) in [4.78, 5) is 28.4. The largest absolute Gasteiger partial charge is 0.496 e. The van der Waals surface area contributed by atoms with Crippen LogP contribution in [0.4, 0.5) is 0 Å². The third kappa shape index (κ3) is 5.46. The van der Waals surface area contributed by atoms with Gasteiger partial charge in [0.15, 0.2) is 11.5 Å². The number of hydrogen-bond acceptors (Lipinski definition) is 5. The zero-order valence-corrected chi connectivity index (χ0v) is 20.8. The van der Waals surface area contributed by atoms with Crippen molar-refractivity contribution >= 4 is 11.8 Å². The molecule has 0 aliphatic carbocycles. The van der Waals surface area contributed by atoms with Crippen LogP contribution in [0, 0.1) is 5.92 Å². The normalized spacial score (nSPS) is 18.9. The molecule has 184 valence electrons. The second-order valence-electron chi connectivity index (χ2n) is 8.62. The highest BCUT2D eigenvalue weighted by Gasteiger charge is 2.41. The van der Waals surface area contributed by atoms with E-state index in [1.165, 1.54) is 0 Å². The first-order valence-corrected chi connectivity index (χ1v) is 11.9. The van der Waals surface area contributed by atoms with Crippen molar-refractivity contribution in [3.63, 3.8) is 0 Å². The van der Waals surface area contributed by atoms with Crippen LogP contribution < -0.4 is 19.5 Å². The van der Waals surface area contributed by atoms with Crippen LogP contribution in [0.3, 0.4) is 0 Å². The number of carbonyl (C=O) groups excluding carboxylic acids is 2. The summed E-state index contributed by atoms with van der Waals surface area (Å²) in [6.45, 7) is 4.66. The Bertz CT molecular complexity index is 993. The third-order valence-electron chi connectivity index (χ3n) is 6.52. The fourth-order valence-corrected chi connectivity index (χ4v) is 4.64. The standard InChI is InChI=1S/C27H36N2O5/c1-6-7-16-29-25(30)15-13-21(26(29)20-10-8-9-11-22(20)32-3)27(31)28-18(2)19-12-14-23(33-4)24(17-19)34-5/h8-12,14,17-18,21,26H,6-7,13,15-16H2,1-5H3,(H,28,31). The van der Waals surface area contributed by atoms with Crippen LogP contribution in [0.25, 0.3) is 0 Å². The summed E-state index contributed by atoms with van der Waals surface area (Å²) < 4.78 is 16.4. The lowest BCUT2D eigenvalue weighted by molar-refractivity contribution is -0.143. The second-order valence-corrected chi connectivity index (χ2v) is 8.62. The van der Waals surface area contributed by atoms with E-state index in [4.69, 9.17) is 14.2 Å².